The van der Waals surface area contributed by atoms with Gasteiger partial charge in [-0.1, -0.05) is 0 Å². The maximum absolute atomic E-state index is 12.7. The van der Waals surface area contributed by atoms with E-state index >= 15 is 0 Å². The van der Waals surface area contributed by atoms with Crippen molar-refractivity contribution < 1.29 is 18.0 Å². The second-order valence-corrected chi connectivity index (χ2v) is 5.40. The topological polar surface area (TPSA) is 66.9 Å². The van der Waals surface area contributed by atoms with Crippen LogP contribution in [0.5, 0.6) is 0 Å². The van der Waals surface area contributed by atoms with E-state index in [0.29, 0.717) is 0 Å². The first kappa shape index (κ1) is 16.7. The van der Waals surface area contributed by atoms with Crippen LogP contribution < -0.4 is 10.6 Å². The van der Waals surface area contributed by atoms with Gasteiger partial charge in [0.15, 0.2) is 0 Å². The summed E-state index contributed by atoms with van der Waals surface area (Å²) in [6.07, 6.45) is -2.09. The van der Waals surface area contributed by atoms with Crippen LogP contribution in [0.4, 0.5) is 13.2 Å². The Bertz CT molecular complexity index is 525. The smallest absolute Gasteiger partial charge is 0.349 e. The maximum atomic E-state index is 12.7. The summed E-state index contributed by atoms with van der Waals surface area (Å²) in [6, 6.07) is 0.891. The number of nitrogens with zero attached hydrogens (tertiary/aromatic N) is 2. The minimum Gasteiger partial charge on any atom is -0.349 e. The van der Waals surface area contributed by atoms with Gasteiger partial charge >= 0.3 is 6.18 Å². The van der Waals surface area contributed by atoms with E-state index in [2.05, 4.69) is 20.6 Å². The molecule has 1 aliphatic rings. The summed E-state index contributed by atoms with van der Waals surface area (Å²) in [4.78, 5) is 19.5. The molecule has 1 aromatic heterocycles. The van der Waals surface area contributed by atoms with E-state index in [1.165, 1.54) is 6.92 Å². The van der Waals surface area contributed by atoms with Crippen molar-refractivity contribution in [2.24, 2.45) is 5.92 Å². The third kappa shape index (κ3) is 4.66. The fourth-order valence-electron chi connectivity index (χ4n) is 2.45. The van der Waals surface area contributed by atoms with Crippen molar-refractivity contribution in [3.05, 3.63) is 23.3 Å². The molecule has 0 radical (unpaired) electrons. The van der Waals surface area contributed by atoms with E-state index in [1.54, 1.807) is 0 Å². The Kier molecular flexibility index (Phi) is 5.33. The van der Waals surface area contributed by atoms with Crippen LogP contribution in [0, 0.1) is 12.8 Å². The number of alkyl halides is 3. The van der Waals surface area contributed by atoms with Gasteiger partial charge in [0.25, 0.3) is 0 Å². The van der Waals surface area contributed by atoms with Gasteiger partial charge in [-0.15, -0.1) is 0 Å². The molecule has 2 N–H and O–H groups in total. The lowest BCUT2D eigenvalue weighted by Gasteiger charge is -2.14. The zero-order chi connectivity index (χ0) is 16.2. The summed E-state index contributed by atoms with van der Waals surface area (Å²) in [5.74, 6) is -0.281. The minimum absolute atomic E-state index is 0.0209. The highest BCUT2D eigenvalue weighted by atomic mass is 19.4. The number of halogens is 3. The van der Waals surface area contributed by atoms with E-state index in [-0.39, 0.29) is 29.9 Å². The second-order valence-electron chi connectivity index (χ2n) is 5.40. The molecule has 1 unspecified atom stereocenters. The number of aryl methyl sites for hydroxylation is 1. The molecule has 0 bridgehead atoms. The van der Waals surface area contributed by atoms with Crippen LogP contribution in [0.15, 0.2) is 6.07 Å². The van der Waals surface area contributed by atoms with Gasteiger partial charge in [-0.05, 0) is 45.3 Å². The fraction of sp³-hybridized carbons (Fsp3) is 0.643. The maximum Gasteiger partial charge on any atom is 0.433 e. The number of hydrogen-bond acceptors (Lipinski definition) is 4. The Morgan fingerprint density at radius 2 is 2.14 bits per heavy atom. The zero-order valence-corrected chi connectivity index (χ0v) is 12.3. The van der Waals surface area contributed by atoms with Crippen molar-refractivity contribution in [1.82, 2.24) is 20.6 Å². The first-order valence-corrected chi connectivity index (χ1v) is 7.26. The molecule has 1 amide bonds. The Hall–Kier alpha value is -1.70. The van der Waals surface area contributed by atoms with Gasteiger partial charge in [0.05, 0.1) is 6.54 Å². The number of nitrogens with one attached hydrogen (secondary N) is 2. The highest BCUT2D eigenvalue weighted by Crippen LogP contribution is 2.27. The van der Waals surface area contributed by atoms with Crippen molar-refractivity contribution in [2.45, 2.75) is 38.9 Å². The summed E-state index contributed by atoms with van der Waals surface area (Å²) >= 11 is 0. The molecule has 1 atom stereocenters. The van der Waals surface area contributed by atoms with Crippen LogP contribution in [-0.4, -0.2) is 29.0 Å². The quantitative estimate of drug-likeness (QED) is 0.892. The van der Waals surface area contributed by atoms with Crippen LogP contribution in [0.1, 0.15) is 36.5 Å². The molecule has 1 fully saturated rings. The lowest BCUT2D eigenvalue weighted by atomic mass is 10.00. The van der Waals surface area contributed by atoms with Gasteiger partial charge in [0, 0.05) is 11.6 Å². The number of aromatic nitrogens is 2. The Morgan fingerprint density at radius 3 is 2.86 bits per heavy atom. The molecule has 1 saturated heterocycles. The number of carbonyl (C=O) groups excluding carboxylic acids is 1. The molecule has 5 nitrogen and oxygen atoms in total. The van der Waals surface area contributed by atoms with Gasteiger partial charge in [0.1, 0.15) is 11.5 Å². The standard InChI is InChI=1S/C14H19F3N4O/c1-9-7-11(14(15,16)17)21-12(20-9)8-19-13(22)10-3-2-5-18-6-4-10/h7,10,18H,2-6,8H2,1H3,(H,19,22). The van der Waals surface area contributed by atoms with E-state index in [9.17, 15) is 18.0 Å². The van der Waals surface area contributed by atoms with Gasteiger partial charge in [-0.2, -0.15) is 13.2 Å². The van der Waals surface area contributed by atoms with Crippen molar-refractivity contribution in [3.63, 3.8) is 0 Å². The molecule has 22 heavy (non-hydrogen) atoms. The number of hydrogen-bond donors (Lipinski definition) is 2. The fourth-order valence-corrected chi connectivity index (χ4v) is 2.45. The highest BCUT2D eigenvalue weighted by molar-refractivity contribution is 5.78. The molecular weight excluding hydrogens is 297 g/mol. The molecule has 122 valence electrons. The molecule has 8 heteroatoms. The molecule has 1 aliphatic heterocycles. The first-order valence-electron chi connectivity index (χ1n) is 7.26. The van der Waals surface area contributed by atoms with Crippen molar-refractivity contribution in [2.75, 3.05) is 13.1 Å². The van der Waals surface area contributed by atoms with Crippen LogP contribution in [0.3, 0.4) is 0 Å². The van der Waals surface area contributed by atoms with Gasteiger partial charge in [-0.3, -0.25) is 4.79 Å². The van der Waals surface area contributed by atoms with Gasteiger partial charge in [0.2, 0.25) is 5.91 Å². The summed E-state index contributed by atoms with van der Waals surface area (Å²) < 4.78 is 38.1. The van der Waals surface area contributed by atoms with Gasteiger partial charge < -0.3 is 10.6 Å². The third-order valence-corrected chi connectivity index (χ3v) is 3.56. The van der Waals surface area contributed by atoms with Crippen LogP contribution >= 0.6 is 0 Å². The van der Waals surface area contributed by atoms with Crippen molar-refractivity contribution in [1.29, 1.82) is 0 Å². The van der Waals surface area contributed by atoms with Gasteiger partial charge in [-0.25, -0.2) is 9.97 Å². The number of amides is 1. The minimum atomic E-state index is -4.51. The first-order chi connectivity index (χ1) is 10.4. The average Bonchev–Trinajstić information content (AvgIpc) is 2.72. The van der Waals surface area contributed by atoms with Crippen molar-refractivity contribution >= 4 is 5.91 Å². The summed E-state index contributed by atoms with van der Waals surface area (Å²) in [6.45, 7) is 3.05. The predicted octanol–water partition coefficient (Wildman–Crippen LogP) is 1.81. The van der Waals surface area contributed by atoms with E-state index in [4.69, 9.17) is 0 Å². The Morgan fingerprint density at radius 1 is 1.36 bits per heavy atom. The van der Waals surface area contributed by atoms with Crippen LogP contribution in [0.2, 0.25) is 0 Å². The Labute approximate surface area is 126 Å². The molecule has 0 aliphatic carbocycles. The van der Waals surface area contributed by atoms with E-state index in [1.807, 2.05) is 0 Å². The zero-order valence-electron chi connectivity index (χ0n) is 12.3. The summed E-state index contributed by atoms with van der Waals surface area (Å²) in [7, 11) is 0. The number of carbonyl (C=O) groups is 1. The van der Waals surface area contributed by atoms with Crippen molar-refractivity contribution in [3.8, 4) is 0 Å². The molecule has 1 aromatic rings. The molecule has 2 rings (SSSR count). The monoisotopic (exact) mass is 316 g/mol. The largest absolute Gasteiger partial charge is 0.433 e. The highest BCUT2D eigenvalue weighted by Gasteiger charge is 2.33. The third-order valence-electron chi connectivity index (χ3n) is 3.56. The molecule has 0 aromatic carbocycles. The summed E-state index contributed by atoms with van der Waals surface area (Å²) in [5.41, 5.74) is -0.756. The van der Waals surface area contributed by atoms with Crippen LogP contribution in [-0.2, 0) is 17.5 Å². The lowest BCUT2D eigenvalue weighted by Crippen LogP contribution is -2.31. The molecule has 2 heterocycles. The van der Waals surface area contributed by atoms with E-state index < -0.39 is 11.9 Å². The Balaban J connectivity index is 1.98. The molecule has 0 saturated carbocycles. The molecule has 0 spiro atoms. The normalized spacial score (nSPS) is 19.5. The predicted molar refractivity (Wildman–Crippen MR) is 73.8 cm³/mol. The van der Waals surface area contributed by atoms with Crippen LogP contribution in [0.25, 0.3) is 0 Å². The molecular formula is C14H19F3N4O. The average molecular weight is 316 g/mol. The SMILES string of the molecule is Cc1cc(C(F)(F)F)nc(CNC(=O)C2CCCNCC2)n1. The second kappa shape index (κ2) is 7.04. The van der Waals surface area contributed by atoms with E-state index in [0.717, 1.165) is 38.4 Å². The number of rotatable bonds is 3. The lowest BCUT2D eigenvalue weighted by molar-refractivity contribution is -0.141. The summed E-state index contributed by atoms with van der Waals surface area (Å²) in [5, 5.41) is 5.85.